The second-order valence-corrected chi connectivity index (χ2v) is 23.5. The van der Waals surface area contributed by atoms with Crippen molar-refractivity contribution in [3.63, 3.8) is 0 Å². The van der Waals surface area contributed by atoms with Crippen molar-refractivity contribution in [2.45, 2.75) is 189 Å². The summed E-state index contributed by atoms with van der Waals surface area (Å²) in [7, 11) is 0. The van der Waals surface area contributed by atoms with E-state index < -0.39 is 193 Å². The van der Waals surface area contributed by atoms with E-state index in [0.717, 1.165) is 0 Å². The Morgan fingerprint density at radius 3 is 1.45 bits per heavy atom. The standard InChI is InChI=1S/C59H101N15O14/c1-10-32(6)40(25-49(81)45(29-76)70-35(9)77)56(87)71-42(16-14-18-68-59(64)65)46(78)23-38(28-75)55(86)72-43(19-31(4)5)47(79)21-36(15-13-17-67-58(62)63)54(85)73-44(26-51(60)83)48(80)24-41(33(7)11-2)57(88)74-52(34(8)12-3)50(82)22-37(53(61)84)20-39-27-66-30-69-39/h27,30-34,36-38,40-45,52,75-76H,10-26,28-29H2,1-9H3,(H2,60,83)(H2,61,84)(H,66,69)(H,70,77)(H,71,87)(H,72,86)(H,73,85)(H,74,88)(H4,62,63,67)(H4,64,65,68)/t32-,33-,34-,36+,37+,38-,40-,41-,42-,43-,44-,45-,52-/m0/s1. The Morgan fingerprint density at radius 1 is 0.523 bits per heavy atom. The highest BCUT2D eigenvalue weighted by Crippen LogP contribution is 2.26. The maximum atomic E-state index is 14.5. The maximum absolute atomic E-state index is 14.5. The van der Waals surface area contributed by atoms with E-state index in [1.165, 1.54) is 19.4 Å². The number of nitrogens with one attached hydrogen (secondary N) is 6. The molecule has 0 aliphatic rings. The molecule has 0 saturated carbocycles. The zero-order valence-electron chi connectivity index (χ0n) is 52.8. The zero-order valence-corrected chi connectivity index (χ0v) is 52.8. The molecule has 13 atom stereocenters. The first-order valence-electron chi connectivity index (χ1n) is 30.3. The second-order valence-electron chi connectivity index (χ2n) is 23.5. The number of primary amides is 2. The fraction of sp³-hybridized carbons (Fsp3) is 0.712. The Balaban J connectivity index is 3.61. The number of H-pyrrole nitrogens is 1. The molecular formula is C59H101N15O14. The molecule has 29 nitrogen and oxygen atoms in total. The van der Waals surface area contributed by atoms with Gasteiger partial charge in [-0.1, -0.05) is 74.7 Å². The first-order chi connectivity index (χ1) is 41.3. The van der Waals surface area contributed by atoms with Crippen molar-refractivity contribution in [3.05, 3.63) is 18.2 Å². The maximum Gasteiger partial charge on any atom is 0.226 e. The number of imidazole rings is 1. The van der Waals surface area contributed by atoms with Crippen molar-refractivity contribution >= 4 is 82.2 Å². The highest BCUT2D eigenvalue weighted by molar-refractivity contribution is 6.00. The summed E-state index contributed by atoms with van der Waals surface area (Å²) in [6.45, 7) is 13.7. The van der Waals surface area contributed by atoms with Crippen LogP contribution >= 0.6 is 0 Å². The van der Waals surface area contributed by atoms with Crippen LogP contribution in [-0.2, 0) is 64.0 Å². The number of hydrogen-bond donors (Lipinski definition) is 14. The third-order valence-electron chi connectivity index (χ3n) is 15.9. The van der Waals surface area contributed by atoms with Crippen LogP contribution < -0.4 is 61.0 Å². The highest BCUT2D eigenvalue weighted by Gasteiger charge is 2.39. The first kappa shape index (κ1) is 78.3. The number of aromatic nitrogens is 2. The van der Waals surface area contributed by atoms with Crippen molar-refractivity contribution in [3.8, 4) is 0 Å². The molecule has 0 aliphatic heterocycles. The van der Waals surface area contributed by atoms with Gasteiger partial charge in [0.25, 0.3) is 0 Å². The topological polar surface area (TPSA) is 515 Å². The predicted molar refractivity (Wildman–Crippen MR) is 328 cm³/mol. The molecule has 7 amide bonds. The molecule has 0 fully saturated rings. The number of nitrogens with two attached hydrogens (primary N) is 6. The molecule has 1 heterocycles. The summed E-state index contributed by atoms with van der Waals surface area (Å²) in [5.74, 6) is -16.5. The largest absolute Gasteiger partial charge is 0.396 e. The number of aliphatic hydroxyl groups excluding tert-OH is 2. The summed E-state index contributed by atoms with van der Waals surface area (Å²) in [5, 5.41) is 33.5. The molecule has 0 unspecified atom stereocenters. The van der Waals surface area contributed by atoms with Gasteiger partial charge in [0.15, 0.2) is 40.8 Å². The molecule has 0 bridgehead atoms. The van der Waals surface area contributed by atoms with Gasteiger partial charge in [-0.25, -0.2) is 4.98 Å². The number of nitrogens with zero attached hydrogens (tertiary/aromatic N) is 3. The molecule has 0 aliphatic carbocycles. The number of aliphatic imine (C=N–C) groups is 2. The molecule has 0 saturated heterocycles. The molecule has 88 heavy (non-hydrogen) atoms. The van der Waals surface area contributed by atoms with E-state index in [-0.39, 0.29) is 75.9 Å². The number of guanidine groups is 2. The van der Waals surface area contributed by atoms with Gasteiger partial charge in [-0.2, -0.15) is 0 Å². The highest BCUT2D eigenvalue weighted by atomic mass is 16.3. The molecule has 0 aromatic carbocycles. The number of hydrogen-bond acceptors (Lipinski definition) is 17. The number of rotatable bonds is 47. The molecule has 1 aromatic rings. The van der Waals surface area contributed by atoms with Gasteiger partial charge in [0.2, 0.25) is 41.4 Å². The van der Waals surface area contributed by atoms with Crippen LogP contribution in [0.5, 0.6) is 0 Å². The molecule has 1 aromatic heterocycles. The number of carbonyl (C=O) groups excluding carboxylic acids is 12. The van der Waals surface area contributed by atoms with Crippen molar-refractivity contribution in [1.29, 1.82) is 0 Å². The Morgan fingerprint density at radius 2 is 0.989 bits per heavy atom. The Bertz CT molecular complexity index is 2540. The monoisotopic (exact) mass is 1240 g/mol. The van der Waals surface area contributed by atoms with E-state index >= 15 is 0 Å². The Labute approximate surface area is 515 Å². The van der Waals surface area contributed by atoms with E-state index in [9.17, 15) is 67.7 Å². The molecule has 0 spiro atoms. The summed E-state index contributed by atoms with van der Waals surface area (Å²) in [4.78, 5) is 179. The lowest BCUT2D eigenvalue weighted by atomic mass is 9.83. The van der Waals surface area contributed by atoms with E-state index in [0.29, 0.717) is 25.0 Å². The first-order valence-corrected chi connectivity index (χ1v) is 30.3. The average Bonchev–Trinajstić information content (AvgIpc) is 4.10. The minimum Gasteiger partial charge on any atom is -0.396 e. The van der Waals surface area contributed by atoms with Crippen LogP contribution in [0, 0.1) is 53.3 Å². The summed E-state index contributed by atoms with van der Waals surface area (Å²) in [5.41, 5.74) is 34.0. The Hall–Kier alpha value is -7.69. The number of ketones is 5. The fourth-order valence-electron chi connectivity index (χ4n) is 9.95. The predicted octanol–water partition coefficient (Wildman–Crippen LogP) is -1.09. The van der Waals surface area contributed by atoms with Crippen LogP contribution in [0.25, 0.3) is 0 Å². The summed E-state index contributed by atoms with van der Waals surface area (Å²) >= 11 is 0. The average molecular weight is 1240 g/mol. The number of aromatic amines is 1. The summed E-state index contributed by atoms with van der Waals surface area (Å²) in [6, 6.07) is -6.58. The van der Waals surface area contributed by atoms with Gasteiger partial charge in [-0.15, -0.1) is 0 Å². The van der Waals surface area contributed by atoms with Gasteiger partial charge in [0, 0.05) is 88.2 Å². The van der Waals surface area contributed by atoms with Gasteiger partial charge < -0.3 is 76.2 Å². The number of carbonyl (C=O) groups is 12. The minimum absolute atomic E-state index is 0.0104. The molecular weight excluding hydrogens is 1140 g/mol. The quantitative estimate of drug-likeness (QED) is 0.0209. The number of amides is 7. The van der Waals surface area contributed by atoms with E-state index in [2.05, 4.69) is 46.5 Å². The smallest absolute Gasteiger partial charge is 0.226 e. The van der Waals surface area contributed by atoms with Gasteiger partial charge >= 0.3 is 0 Å². The summed E-state index contributed by atoms with van der Waals surface area (Å²) < 4.78 is 0. The van der Waals surface area contributed by atoms with Crippen LogP contribution in [0.15, 0.2) is 22.5 Å². The lowest BCUT2D eigenvalue weighted by Gasteiger charge is -2.29. The van der Waals surface area contributed by atoms with E-state index in [1.54, 1.807) is 48.5 Å². The van der Waals surface area contributed by atoms with Crippen LogP contribution in [0.3, 0.4) is 0 Å². The minimum atomic E-state index is -1.60. The van der Waals surface area contributed by atoms with Crippen LogP contribution in [-0.4, -0.2) is 159 Å². The number of Topliss-reactive ketones (excluding diaryl/α,β-unsaturated/α-hetero) is 5. The molecule has 20 N–H and O–H groups in total. The number of aliphatic hydroxyl groups is 2. The lowest BCUT2D eigenvalue weighted by Crippen LogP contribution is -2.51. The second kappa shape index (κ2) is 40.7. The van der Waals surface area contributed by atoms with Gasteiger partial charge in [-0.3, -0.25) is 67.5 Å². The van der Waals surface area contributed by atoms with Crippen molar-refractivity contribution < 1.29 is 67.7 Å². The zero-order chi connectivity index (χ0) is 67.0. The van der Waals surface area contributed by atoms with Crippen molar-refractivity contribution in [2.75, 3.05) is 26.3 Å². The van der Waals surface area contributed by atoms with Gasteiger partial charge in [0.05, 0.1) is 62.0 Å². The van der Waals surface area contributed by atoms with Crippen LogP contribution in [0.1, 0.15) is 158 Å². The van der Waals surface area contributed by atoms with Gasteiger partial charge in [0.1, 0.15) is 6.04 Å². The fourth-order valence-corrected chi connectivity index (χ4v) is 9.95. The van der Waals surface area contributed by atoms with E-state index in [1.807, 2.05) is 6.92 Å². The van der Waals surface area contributed by atoms with Crippen molar-refractivity contribution in [2.24, 2.45) is 97.6 Å². The third-order valence-corrected chi connectivity index (χ3v) is 15.9. The van der Waals surface area contributed by atoms with Crippen LogP contribution in [0.4, 0.5) is 0 Å². The molecule has 29 heteroatoms. The van der Waals surface area contributed by atoms with Gasteiger partial charge in [-0.05, 0) is 55.8 Å². The molecule has 496 valence electrons. The third kappa shape index (κ3) is 28.9. The lowest BCUT2D eigenvalue weighted by molar-refractivity contribution is -0.138. The molecule has 0 radical (unpaired) electrons. The SMILES string of the molecule is CC[C@H](C)[C@H](CC(=O)[C@H](CO)NC(C)=O)C(=O)N[C@@H](CCCN=C(N)N)C(=O)C[C@@H](CO)C(=O)N[C@@H](CC(C)C)C(=O)C[C@@H](CCCN=C(N)N)C(=O)N[C@@H](CC(N)=O)C(=O)C[C@H](C(=O)N[C@H](C(=O)C[C@@H](Cc1cnc[nH]1)C(N)=O)[C@@H](C)CC)[C@@H](C)CC. The molecule has 1 rings (SSSR count). The Kier molecular flexibility index (Phi) is 36.2. The van der Waals surface area contributed by atoms with Crippen molar-refractivity contribution in [1.82, 2.24) is 36.6 Å². The normalized spacial score (nSPS) is 15.7. The van der Waals surface area contributed by atoms with Crippen LogP contribution in [0.2, 0.25) is 0 Å². The summed E-state index contributed by atoms with van der Waals surface area (Å²) in [6.07, 6.45) is 1.33. The van der Waals surface area contributed by atoms with E-state index in [4.69, 9.17) is 34.4 Å².